The number of carbonyl (C=O) groups excluding carboxylic acids is 2. The minimum Gasteiger partial charge on any atom is -0.360 e. The van der Waals surface area contributed by atoms with Crippen LogP contribution in [0.4, 0.5) is 11.5 Å². The summed E-state index contributed by atoms with van der Waals surface area (Å²) in [6.45, 7) is 1.73. The number of anilines is 2. The fourth-order valence-corrected chi connectivity index (χ4v) is 2.31. The number of rotatable bonds is 6. The maximum Gasteiger partial charge on any atom is 0.235 e. The van der Waals surface area contributed by atoms with Crippen LogP contribution in [0.2, 0.25) is 5.02 Å². The van der Waals surface area contributed by atoms with Crippen LogP contribution in [0.5, 0.6) is 0 Å². The van der Waals surface area contributed by atoms with Gasteiger partial charge in [0.15, 0.2) is 5.82 Å². The first-order chi connectivity index (χ1) is 10.5. The first-order valence-corrected chi connectivity index (χ1v) is 7.92. The summed E-state index contributed by atoms with van der Waals surface area (Å²) >= 11 is 6.97. The van der Waals surface area contributed by atoms with E-state index in [1.54, 1.807) is 37.3 Å². The Morgan fingerprint density at radius 1 is 1.18 bits per heavy atom. The van der Waals surface area contributed by atoms with Crippen molar-refractivity contribution in [3.05, 3.63) is 41.1 Å². The molecule has 0 spiro atoms. The van der Waals surface area contributed by atoms with Gasteiger partial charge < -0.3 is 15.2 Å². The first-order valence-electron chi connectivity index (χ1n) is 6.39. The second-order valence-electron chi connectivity index (χ2n) is 4.42. The normalized spacial score (nSPS) is 10.3. The highest BCUT2D eigenvalue weighted by Crippen LogP contribution is 2.14. The molecule has 6 nitrogen and oxygen atoms in total. The molecule has 22 heavy (non-hydrogen) atoms. The van der Waals surface area contributed by atoms with Crippen LogP contribution in [0, 0.1) is 6.92 Å². The van der Waals surface area contributed by atoms with Gasteiger partial charge in [-0.1, -0.05) is 16.8 Å². The quantitative estimate of drug-likeness (QED) is 0.845. The van der Waals surface area contributed by atoms with Crippen molar-refractivity contribution in [2.75, 3.05) is 22.1 Å². The maximum atomic E-state index is 11.7. The SMILES string of the molecule is Cc1cc(NC(=O)CSCC(=O)Nc2ccc(Cl)cc2)no1. The lowest BCUT2D eigenvalue weighted by molar-refractivity contribution is -0.114. The number of aryl methyl sites for hydroxylation is 1. The Morgan fingerprint density at radius 2 is 1.82 bits per heavy atom. The van der Waals surface area contributed by atoms with Crippen molar-refractivity contribution in [2.45, 2.75) is 6.92 Å². The molecule has 0 bridgehead atoms. The first kappa shape index (κ1) is 16.4. The van der Waals surface area contributed by atoms with Gasteiger partial charge in [0.05, 0.1) is 11.5 Å². The number of halogens is 1. The molecule has 1 heterocycles. The summed E-state index contributed by atoms with van der Waals surface area (Å²) in [6.07, 6.45) is 0. The second kappa shape index (κ2) is 7.86. The second-order valence-corrected chi connectivity index (χ2v) is 5.84. The lowest BCUT2D eigenvalue weighted by atomic mass is 10.3. The number of carbonyl (C=O) groups is 2. The van der Waals surface area contributed by atoms with Crippen LogP contribution >= 0.6 is 23.4 Å². The van der Waals surface area contributed by atoms with Gasteiger partial charge in [-0.2, -0.15) is 0 Å². The number of aromatic nitrogens is 1. The molecule has 0 aliphatic carbocycles. The molecule has 0 aliphatic rings. The molecule has 0 fully saturated rings. The number of thioether (sulfide) groups is 1. The Bertz CT molecular complexity index is 658. The van der Waals surface area contributed by atoms with Crippen LogP contribution in [0.1, 0.15) is 5.76 Å². The van der Waals surface area contributed by atoms with Crippen LogP contribution in [0.25, 0.3) is 0 Å². The number of hydrogen-bond donors (Lipinski definition) is 2. The minimum absolute atomic E-state index is 0.153. The van der Waals surface area contributed by atoms with Crippen molar-refractivity contribution in [3.8, 4) is 0 Å². The predicted octanol–water partition coefficient (Wildman–Crippen LogP) is 2.95. The Labute approximate surface area is 136 Å². The third-order valence-corrected chi connectivity index (χ3v) is 3.67. The minimum atomic E-state index is -0.238. The average Bonchev–Trinajstić information content (AvgIpc) is 2.86. The zero-order valence-corrected chi connectivity index (χ0v) is 13.3. The summed E-state index contributed by atoms with van der Waals surface area (Å²) in [6, 6.07) is 8.43. The number of nitrogens with zero attached hydrogens (tertiary/aromatic N) is 1. The molecule has 2 rings (SSSR count). The van der Waals surface area contributed by atoms with Crippen molar-refractivity contribution >= 4 is 46.7 Å². The van der Waals surface area contributed by atoms with Gasteiger partial charge in [-0.15, -0.1) is 11.8 Å². The van der Waals surface area contributed by atoms with Gasteiger partial charge in [0, 0.05) is 16.8 Å². The maximum absolute atomic E-state index is 11.7. The fraction of sp³-hybridized carbons (Fsp3) is 0.214. The standard InChI is InChI=1S/C14H14ClN3O3S/c1-9-6-12(18-21-9)17-14(20)8-22-7-13(19)16-11-4-2-10(15)3-5-11/h2-6H,7-8H2,1H3,(H,16,19)(H,17,18,20). The third kappa shape index (κ3) is 5.42. The molecule has 2 amide bonds. The van der Waals surface area contributed by atoms with Crippen LogP contribution < -0.4 is 10.6 Å². The van der Waals surface area contributed by atoms with Crippen molar-refractivity contribution in [2.24, 2.45) is 0 Å². The Hall–Kier alpha value is -1.99. The van der Waals surface area contributed by atoms with Crippen LogP contribution in [-0.4, -0.2) is 28.5 Å². The lowest BCUT2D eigenvalue weighted by Gasteiger charge is -2.05. The summed E-state index contributed by atoms with van der Waals surface area (Å²) in [7, 11) is 0. The number of benzene rings is 1. The molecule has 0 unspecified atom stereocenters. The van der Waals surface area contributed by atoms with E-state index in [9.17, 15) is 9.59 Å². The van der Waals surface area contributed by atoms with Gasteiger partial charge in [-0.05, 0) is 31.2 Å². The van der Waals surface area contributed by atoms with Gasteiger partial charge >= 0.3 is 0 Å². The number of amides is 2. The van der Waals surface area contributed by atoms with Crippen molar-refractivity contribution in [1.29, 1.82) is 0 Å². The summed E-state index contributed by atoms with van der Waals surface area (Å²) in [4.78, 5) is 23.4. The van der Waals surface area contributed by atoms with Crippen molar-refractivity contribution in [1.82, 2.24) is 5.16 Å². The number of hydrogen-bond acceptors (Lipinski definition) is 5. The smallest absolute Gasteiger partial charge is 0.235 e. The van der Waals surface area contributed by atoms with Crippen LogP contribution in [-0.2, 0) is 9.59 Å². The van der Waals surface area contributed by atoms with Gasteiger partial charge in [0.25, 0.3) is 0 Å². The molecule has 8 heteroatoms. The highest BCUT2D eigenvalue weighted by atomic mass is 35.5. The van der Waals surface area contributed by atoms with Crippen LogP contribution in [0.15, 0.2) is 34.9 Å². The number of nitrogens with one attached hydrogen (secondary N) is 2. The molecular weight excluding hydrogens is 326 g/mol. The predicted molar refractivity (Wildman–Crippen MR) is 87.3 cm³/mol. The average molecular weight is 340 g/mol. The van der Waals surface area contributed by atoms with E-state index in [-0.39, 0.29) is 23.3 Å². The molecule has 0 saturated carbocycles. The molecule has 1 aromatic carbocycles. The van der Waals surface area contributed by atoms with Gasteiger partial charge in [-0.3, -0.25) is 9.59 Å². The van der Waals surface area contributed by atoms with Crippen molar-refractivity contribution in [3.63, 3.8) is 0 Å². The molecule has 1 aromatic heterocycles. The largest absolute Gasteiger partial charge is 0.360 e. The zero-order chi connectivity index (χ0) is 15.9. The summed E-state index contributed by atoms with van der Waals surface area (Å²) in [5, 5.41) is 9.56. The van der Waals surface area contributed by atoms with Gasteiger partial charge in [0.2, 0.25) is 11.8 Å². The van der Waals surface area contributed by atoms with Gasteiger partial charge in [0.1, 0.15) is 5.76 Å². The van der Waals surface area contributed by atoms with E-state index in [0.717, 1.165) is 0 Å². The highest BCUT2D eigenvalue weighted by Gasteiger charge is 2.08. The molecule has 2 N–H and O–H groups in total. The van der Waals surface area contributed by atoms with Gasteiger partial charge in [-0.25, -0.2) is 0 Å². The van der Waals surface area contributed by atoms with E-state index in [1.165, 1.54) is 11.8 Å². The molecule has 0 aliphatic heterocycles. The van der Waals surface area contributed by atoms with E-state index in [1.807, 2.05) is 0 Å². The summed E-state index contributed by atoms with van der Waals surface area (Å²) in [5.41, 5.74) is 0.664. The molecule has 0 saturated heterocycles. The molecule has 2 aromatic rings. The lowest BCUT2D eigenvalue weighted by Crippen LogP contribution is -2.18. The molecular formula is C14H14ClN3O3S. The van der Waals surface area contributed by atoms with E-state index < -0.39 is 0 Å². The van der Waals surface area contributed by atoms with E-state index in [0.29, 0.717) is 22.3 Å². The summed E-state index contributed by atoms with van der Waals surface area (Å²) in [5.74, 6) is 0.891. The molecule has 0 atom stereocenters. The Balaban J connectivity index is 1.68. The topological polar surface area (TPSA) is 84.2 Å². The fourth-order valence-electron chi connectivity index (χ4n) is 1.57. The van der Waals surface area contributed by atoms with E-state index >= 15 is 0 Å². The Morgan fingerprint density at radius 3 is 2.41 bits per heavy atom. The summed E-state index contributed by atoms with van der Waals surface area (Å²) < 4.78 is 4.84. The van der Waals surface area contributed by atoms with Crippen molar-refractivity contribution < 1.29 is 14.1 Å². The zero-order valence-electron chi connectivity index (χ0n) is 11.8. The third-order valence-electron chi connectivity index (χ3n) is 2.49. The van der Waals surface area contributed by atoms with E-state index in [2.05, 4.69) is 15.8 Å². The molecule has 0 radical (unpaired) electrons. The molecule has 116 valence electrons. The highest BCUT2D eigenvalue weighted by molar-refractivity contribution is 8.00. The van der Waals surface area contributed by atoms with E-state index in [4.69, 9.17) is 16.1 Å². The van der Waals surface area contributed by atoms with Crippen LogP contribution in [0.3, 0.4) is 0 Å². The Kier molecular flexibility index (Phi) is 5.85. The monoisotopic (exact) mass is 339 g/mol.